The Balaban J connectivity index is 2.17. The maximum Gasteiger partial charge on any atom is 0.0612 e. The van der Waals surface area contributed by atoms with E-state index in [1.165, 1.54) is 0 Å². The van der Waals surface area contributed by atoms with E-state index >= 15 is 0 Å². The lowest BCUT2D eigenvalue weighted by Crippen LogP contribution is -2.52. The summed E-state index contributed by atoms with van der Waals surface area (Å²) < 4.78 is 5.88. The Morgan fingerprint density at radius 1 is 1.31 bits per heavy atom. The molecule has 1 saturated carbocycles. The van der Waals surface area contributed by atoms with E-state index in [1.54, 1.807) is 0 Å². The van der Waals surface area contributed by atoms with E-state index in [1.807, 2.05) is 0 Å². The monoisotopic (exact) mass is 229 g/mol. The van der Waals surface area contributed by atoms with Gasteiger partial charge in [-0.15, -0.1) is 0 Å². The Hall–Kier alpha value is -0.120. The van der Waals surface area contributed by atoms with E-state index < -0.39 is 0 Å². The Labute approximate surface area is 99.6 Å². The van der Waals surface area contributed by atoms with E-state index in [2.05, 4.69) is 39.9 Å². The van der Waals surface area contributed by atoms with Crippen molar-refractivity contribution in [2.24, 2.45) is 5.92 Å². The van der Waals surface area contributed by atoms with Gasteiger partial charge in [0.05, 0.1) is 11.7 Å². The lowest BCUT2D eigenvalue weighted by Gasteiger charge is -2.41. The molecular formula is C13H27NO2. The topological polar surface area (TPSA) is 41.5 Å². The van der Waals surface area contributed by atoms with Crippen LogP contribution in [0.4, 0.5) is 0 Å². The fourth-order valence-corrected chi connectivity index (χ4v) is 1.99. The summed E-state index contributed by atoms with van der Waals surface area (Å²) >= 11 is 0. The molecule has 0 saturated heterocycles. The van der Waals surface area contributed by atoms with Gasteiger partial charge >= 0.3 is 0 Å². The van der Waals surface area contributed by atoms with Crippen LogP contribution in [0.25, 0.3) is 0 Å². The lowest BCUT2D eigenvalue weighted by atomic mass is 9.87. The van der Waals surface area contributed by atoms with E-state index in [4.69, 9.17) is 9.84 Å². The molecule has 0 spiro atoms. The largest absolute Gasteiger partial charge is 0.396 e. The number of hydrogen-bond acceptors (Lipinski definition) is 3. The SMILES string of the molecule is CC(CO)C(C)NC1CC(OC(C)(C)C)C1. The molecule has 2 unspecified atom stereocenters. The second-order valence-corrected chi connectivity index (χ2v) is 6.14. The maximum absolute atomic E-state index is 9.05. The summed E-state index contributed by atoms with van der Waals surface area (Å²) in [6.07, 6.45) is 2.61. The summed E-state index contributed by atoms with van der Waals surface area (Å²) in [5, 5.41) is 12.6. The highest BCUT2D eigenvalue weighted by atomic mass is 16.5. The third-order valence-corrected chi connectivity index (χ3v) is 3.26. The minimum atomic E-state index is -0.0281. The number of nitrogens with one attached hydrogen (secondary N) is 1. The number of ether oxygens (including phenoxy) is 1. The number of aliphatic hydroxyl groups is 1. The first-order chi connectivity index (χ1) is 7.31. The molecule has 1 aliphatic rings. The number of rotatable bonds is 5. The van der Waals surface area contributed by atoms with Crippen molar-refractivity contribution in [3.8, 4) is 0 Å². The molecule has 0 aromatic heterocycles. The van der Waals surface area contributed by atoms with Gasteiger partial charge < -0.3 is 15.2 Å². The van der Waals surface area contributed by atoms with Crippen LogP contribution in [-0.4, -0.2) is 35.5 Å². The molecule has 2 N–H and O–H groups in total. The van der Waals surface area contributed by atoms with Crippen molar-refractivity contribution in [3.05, 3.63) is 0 Å². The van der Waals surface area contributed by atoms with Crippen LogP contribution in [0.2, 0.25) is 0 Å². The Morgan fingerprint density at radius 3 is 2.31 bits per heavy atom. The van der Waals surface area contributed by atoms with Crippen molar-refractivity contribution in [1.29, 1.82) is 0 Å². The Morgan fingerprint density at radius 2 is 1.88 bits per heavy atom. The molecule has 0 aromatic rings. The first-order valence-corrected chi connectivity index (χ1v) is 6.36. The second kappa shape index (κ2) is 5.48. The zero-order chi connectivity index (χ0) is 12.3. The van der Waals surface area contributed by atoms with Crippen LogP contribution >= 0.6 is 0 Å². The highest BCUT2D eigenvalue weighted by Crippen LogP contribution is 2.28. The van der Waals surface area contributed by atoms with Gasteiger partial charge in [0.1, 0.15) is 0 Å². The molecule has 96 valence electrons. The van der Waals surface area contributed by atoms with Gasteiger partial charge in [0.15, 0.2) is 0 Å². The zero-order valence-electron chi connectivity index (χ0n) is 11.3. The summed E-state index contributed by atoms with van der Waals surface area (Å²) in [4.78, 5) is 0. The van der Waals surface area contributed by atoms with Crippen LogP contribution in [0.1, 0.15) is 47.5 Å². The molecule has 2 atom stereocenters. The Bertz CT molecular complexity index is 206. The molecule has 0 bridgehead atoms. The highest BCUT2D eigenvalue weighted by molar-refractivity contribution is 4.89. The molecule has 0 aliphatic heterocycles. The normalized spacial score (nSPS) is 29.6. The van der Waals surface area contributed by atoms with Gasteiger partial charge in [-0.3, -0.25) is 0 Å². The van der Waals surface area contributed by atoms with Crippen molar-refractivity contribution in [2.75, 3.05) is 6.61 Å². The van der Waals surface area contributed by atoms with Crippen molar-refractivity contribution in [3.63, 3.8) is 0 Å². The van der Waals surface area contributed by atoms with Crippen molar-refractivity contribution in [2.45, 2.75) is 71.2 Å². The van der Waals surface area contributed by atoms with E-state index in [0.29, 0.717) is 24.1 Å². The molecule has 0 radical (unpaired) electrons. The van der Waals surface area contributed by atoms with E-state index in [9.17, 15) is 0 Å². The summed E-state index contributed by atoms with van der Waals surface area (Å²) in [7, 11) is 0. The minimum Gasteiger partial charge on any atom is -0.396 e. The average molecular weight is 229 g/mol. The zero-order valence-corrected chi connectivity index (χ0v) is 11.3. The van der Waals surface area contributed by atoms with Gasteiger partial charge in [-0.2, -0.15) is 0 Å². The van der Waals surface area contributed by atoms with Gasteiger partial charge in [-0.05, 0) is 46.5 Å². The van der Waals surface area contributed by atoms with Crippen LogP contribution in [0.15, 0.2) is 0 Å². The van der Waals surface area contributed by atoms with E-state index in [0.717, 1.165) is 12.8 Å². The molecule has 0 amide bonds. The molecule has 1 rings (SSSR count). The standard InChI is InChI=1S/C13H27NO2/c1-9(8-15)10(2)14-11-6-12(7-11)16-13(3,4)5/h9-12,14-15H,6-8H2,1-5H3. The summed E-state index contributed by atoms with van der Waals surface area (Å²) in [5.41, 5.74) is -0.0281. The van der Waals surface area contributed by atoms with Crippen LogP contribution < -0.4 is 5.32 Å². The summed E-state index contributed by atoms with van der Waals surface area (Å²) in [5.74, 6) is 0.322. The molecule has 0 heterocycles. The average Bonchev–Trinajstić information content (AvgIpc) is 2.10. The molecule has 0 aromatic carbocycles. The van der Waals surface area contributed by atoms with Gasteiger partial charge in [0, 0.05) is 18.7 Å². The van der Waals surface area contributed by atoms with Crippen LogP contribution in [-0.2, 0) is 4.74 Å². The van der Waals surface area contributed by atoms with Gasteiger partial charge in [-0.1, -0.05) is 6.92 Å². The highest BCUT2D eigenvalue weighted by Gasteiger charge is 2.33. The molecule has 16 heavy (non-hydrogen) atoms. The smallest absolute Gasteiger partial charge is 0.0612 e. The van der Waals surface area contributed by atoms with Gasteiger partial charge in [0.2, 0.25) is 0 Å². The fraction of sp³-hybridized carbons (Fsp3) is 1.00. The molecule has 3 nitrogen and oxygen atoms in total. The van der Waals surface area contributed by atoms with Gasteiger partial charge in [-0.25, -0.2) is 0 Å². The van der Waals surface area contributed by atoms with Crippen molar-refractivity contribution >= 4 is 0 Å². The van der Waals surface area contributed by atoms with Crippen molar-refractivity contribution in [1.82, 2.24) is 5.32 Å². The minimum absolute atomic E-state index is 0.0281. The first kappa shape index (κ1) is 13.9. The molecule has 3 heteroatoms. The first-order valence-electron chi connectivity index (χ1n) is 6.36. The second-order valence-electron chi connectivity index (χ2n) is 6.14. The van der Waals surface area contributed by atoms with Crippen LogP contribution in [0.5, 0.6) is 0 Å². The maximum atomic E-state index is 9.05. The number of hydrogen-bond donors (Lipinski definition) is 2. The molecule has 1 fully saturated rings. The molecule has 1 aliphatic carbocycles. The predicted molar refractivity (Wildman–Crippen MR) is 66.5 cm³/mol. The van der Waals surface area contributed by atoms with Crippen LogP contribution in [0.3, 0.4) is 0 Å². The fourth-order valence-electron chi connectivity index (χ4n) is 1.99. The molecular weight excluding hydrogens is 202 g/mol. The Kier molecular flexibility index (Phi) is 4.77. The quantitative estimate of drug-likeness (QED) is 0.757. The number of aliphatic hydroxyl groups excluding tert-OH is 1. The van der Waals surface area contributed by atoms with Crippen molar-refractivity contribution < 1.29 is 9.84 Å². The lowest BCUT2D eigenvalue weighted by molar-refractivity contribution is -0.104. The van der Waals surface area contributed by atoms with Gasteiger partial charge in [0.25, 0.3) is 0 Å². The summed E-state index contributed by atoms with van der Waals surface area (Å²) in [6, 6.07) is 0.946. The predicted octanol–water partition coefficient (Wildman–Crippen LogP) is 1.94. The van der Waals surface area contributed by atoms with Crippen LogP contribution in [0, 0.1) is 5.92 Å². The third-order valence-electron chi connectivity index (χ3n) is 3.26. The third kappa shape index (κ3) is 4.40. The summed E-state index contributed by atoms with van der Waals surface area (Å²) in [6.45, 7) is 10.8. The van der Waals surface area contributed by atoms with E-state index in [-0.39, 0.29) is 12.2 Å².